The van der Waals surface area contributed by atoms with Crippen LogP contribution in [0.3, 0.4) is 0 Å². The zero-order chi connectivity index (χ0) is 24.9. The highest BCUT2D eigenvalue weighted by molar-refractivity contribution is 6.30. The highest BCUT2D eigenvalue weighted by Gasteiger charge is 2.57. The van der Waals surface area contributed by atoms with Crippen molar-refractivity contribution in [3.05, 3.63) is 53.1 Å². The van der Waals surface area contributed by atoms with Crippen molar-refractivity contribution in [2.45, 2.75) is 32.0 Å². The molecule has 186 valence electrons. The van der Waals surface area contributed by atoms with E-state index in [4.69, 9.17) is 21.1 Å². The summed E-state index contributed by atoms with van der Waals surface area (Å²) in [5, 5.41) is 4.16. The number of nitrogens with one attached hydrogen (secondary N) is 1. The molecule has 0 bridgehead atoms. The first-order valence-corrected chi connectivity index (χ1v) is 12.0. The summed E-state index contributed by atoms with van der Waals surface area (Å²) in [4.78, 5) is 34.3. The zero-order valence-corrected chi connectivity index (χ0v) is 21.0. The molecule has 0 saturated carbocycles. The molecule has 35 heavy (non-hydrogen) atoms. The third-order valence-corrected chi connectivity index (χ3v) is 7.29. The van der Waals surface area contributed by atoms with Gasteiger partial charge in [0.2, 0.25) is 0 Å². The number of rotatable bonds is 5. The lowest BCUT2D eigenvalue weighted by Crippen LogP contribution is -2.66. The van der Waals surface area contributed by atoms with Gasteiger partial charge in [0.15, 0.2) is 0 Å². The number of ether oxygens (including phenoxy) is 2. The van der Waals surface area contributed by atoms with Crippen molar-refractivity contribution in [3.8, 4) is 11.5 Å². The van der Waals surface area contributed by atoms with Crippen LogP contribution in [-0.4, -0.2) is 79.5 Å². The van der Waals surface area contributed by atoms with Crippen molar-refractivity contribution >= 4 is 29.2 Å². The van der Waals surface area contributed by atoms with Gasteiger partial charge in [-0.05, 0) is 35.7 Å². The van der Waals surface area contributed by atoms with Gasteiger partial charge in [-0.25, -0.2) is 4.79 Å². The first kappa shape index (κ1) is 23.7. The monoisotopic (exact) mass is 499 g/mol. The SMILES string of the molecule is COc1ccc(N2CC(C)CN3C4C(=O)N(Cc5ccc(Cl)cc5)C(=O)N(C)C4NC23)c(OC)c1. The Kier molecular flexibility index (Phi) is 6.25. The third kappa shape index (κ3) is 4.07. The minimum absolute atomic E-state index is 0.196. The molecule has 3 amide bonds. The summed E-state index contributed by atoms with van der Waals surface area (Å²) in [6.07, 6.45) is -0.698. The van der Waals surface area contributed by atoms with Crippen molar-refractivity contribution in [1.82, 2.24) is 20.0 Å². The summed E-state index contributed by atoms with van der Waals surface area (Å²) in [5.41, 5.74) is 1.75. The van der Waals surface area contributed by atoms with Gasteiger partial charge in [0.1, 0.15) is 30.0 Å². The lowest BCUT2D eigenvalue weighted by molar-refractivity contribution is -0.139. The number of imide groups is 1. The Morgan fingerprint density at radius 2 is 1.80 bits per heavy atom. The van der Waals surface area contributed by atoms with Crippen LogP contribution in [0, 0.1) is 5.92 Å². The molecule has 0 aromatic heterocycles. The average Bonchev–Trinajstić information content (AvgIpc) is 3.25. The molecule has 4 atom stereocenters. The van der Waals surface area contributed by atoms with E-state index in [1.807, 2.05) is 30.3 Å². The van der Waals surface area contributed by atoms with Crippen LogP contribution in [0.4, 0.5) is 10.5 Å². The van der Waals surface area contributed by atoms with Crippen LogP contribution >= 0.6 is 11.6 Å². The van der Waals surface area contributed by atoms with E-state index in [1.54, 1.807) is 38.3 Å². The number of likely N-dealkylation sites (N-methyl/N-ethyl adjacent to an activating group) is 1. The van der Waals surface area contributed by atoms with Crippen molar-refractivity contribution in [1.29, 1.82) is 0 Å². The van der Waals surface area contributed by atoms with Crippen LogP contribution in [0.25, 0.3) is 0 Å². The number of halogens is 1. The first-order chi connectivity index (χ1) is 16.8. The van der Waals surface area contributed by atoms with Gasteiger partial charge in [-0.15, -0.1) is 0 Å². The molecular weight excluding hydrogens is 470 g/mol. The predicted octanol–water partition coefficient (Wildman–Crippen LogP) is 2.79. The first-order valence-electron chi connectivity index (χ1n) is 11.7. The molecule has 2 aromatic rings. The number of methoxy groups -OCH3 is 2. The van der Waals surface area contributed by atoms with Crippen molar-refractivity contribution in [3.63, 3.8) is 0 Å². The minimum atomic E-state index is -0.496. The molecular formula is C25H30ClN5O4. The highest BCUT2D eigenvalue weighted by Crippen LogP contribution is 2.39. The van der Waals surface area contributed by atoms with E-state index in [0.717, 1.165) is 24.3 Å². The molecule has 3 aliphatic rings. The van der Waals surface area contributed by atoms with Crippen LogP contribution < -0.4 is 19.7 Å². The Bertz CT molecular complexity index is 1130. The molecule has 3 fully saturated rings. The van der Waals surface area contributed by atoms with Gasteiger partial charge in [-0.2, -0.15) is 0 Å². The fraction of sp³-hybridized carbons (Fsp3) is 0.440. The van der Waals surface area contributed by atoms with Gasteiger partial charge in [0, 0.05) is 31.2 Å². The lowest BCUT2D eigenvalue weighted by atomic mass is 10.0. The van der Waals surface area contributed by atoms with Gasteiger partial charge < -0.3 is 19.3 Å². The average molecular weight is 500 g/mol. The molecule has 0 aliphatic carbocycles. The molecule has 2 aromatic carbocycles. The predicted molar refractivity (Wildman–Crippen MR) is 132 cm³/mol. The quantitative estimate of drug-likeness (QED) is 0.677. The highest BCUT2D eigenvalue weighted by atomic mass is 35.5. The van der Waals surface area contributed by atoms with Gasteiger partial charge in [0.05, 0.1) is 26.5 Å². The lowest BCUT2D eigenvalue weighted by Gasteiger charge is -2.46. The molecule has 10 heteroatoms. The van der Waals surface area contributed by atoms with Gasteiger partial charge in [-0.1, -0.05) is 30.7 Å². The Hall–Kier alpha value is -3.01. The van der Waals surface area contributed by atoms with Crippen LogP contribution in [0.2, 0.25) is 5.02 Å². The topological polar surface area (TPSA) is 77.6 Å². The third-order valence-electron chi connectivity index (χ3n) is 7.04. The molecule has 4 unspecified atom stereocenters. The number of anilines is 1. The van der Waals surface area contributed by atoms with Gasteiger partial charge in [-0.3, -0.25) is 19.9 Å². The molecule has 3 saturated heterocycles. The van der Waals surface area contributed by atoms with E-state index in [2.05, 4.69) is 22.0 Å². The van der Waals surface area contributed by atoms with Crippen molar-refractivity contribution < 1.29 is 19.1 Å². The van der Waals surface area contributed by atoms with E-state index in [-0.39, 0.29) is 24.8 Å². The van der Waals surface area contributed by atoms with Crippen molar-refractivity contribution in [2.24, 2.45) is 5.92 Å². The Labute approximate surface area is 210 Å². The van der Waals surface area contributed by atoms with E-state index in [0.29, 0.717) is 22.4 Å². The number of urea groups is 1. The number of hydrogen-bond donors (Lipinski definition) is 1. The summed E-state index contributed by atoms with van der Waals surface area (Å²) >= 11 is 6.01. The minimum Gasteiger partial charge on any atom is -0.497 e. The number of carbonyl (C=O) groups is 2. The number of benzene rings is 2. The zero-order valence-electron chi connectivity index (χ0n) is 20.3. The van der Waals surface area contributed by atoms with E-state index >= 15 is 0 Å². The molecule has 3 aliphatic heterocycles. The summed E-state index contributed by atoms with van der Waals surface area (Å²) in [5.74, 6) is 1.49. The standard InChI is InChI=1S/C25H30ClN5O4/c1-15-12-29(19-10-9-18(34-3)11-20(19)35-4)24-27-22-21(30(24)13-15)23(32)31(25(33)28(22)2)14-16-5-7-17(26)8-6-16/h5-11,15,21-22,24,27H,12-14H2,1-4H3. The van der Waals surface area contributed by atoms with Gasteiger partial charge >= 0.3 is 6.03 Å². The largest absolute Gasteiger partial charge is 0.497 e. The number of hydrogen-bond acceptors (Lipinski definition) is 7. The van der Waals surface area contributed by atoms with E-state index in [1.165, 1.54) is 4.90 Å². The van der Waals surface area contributed by atoms with E-state index in [9.17, 15) is 9.59 Å². The van der Waals surface area contributed by atoms with Crippen LogP contribution in [0.1, 0.15) is 12.5 Å². The maximum absolute atomic E-state index is 13.8. The number of nitrogens with zero attached hydrogens (tertiary/aromatic N) is 4. The maximum Gasteiger partial charge on any atom is 0.328 e. The second-order valence-electron chi connectivity index (χ2n) is 9.37. The Balaban J connectivity index is 1.46. The summed E-state index contributed by atoms with van der Waals surface area (Å²) in [6.45, 7) is 3.87. The fourth-order valence-corrected chi connectivity index (χ4v) is 5.47. The maximum atomic E-state index is 13.8. The van der Waals surface area contributed by atoms with Crippen LogP contribution in [0.5, 0.6) is 11.5 Å². The smallest absolute Gasteiger partial charge is 0.328 e. The second kappa shape index (κ2) is 9.22. The number of fused-ring (bicyclic) bond motifs is 3. The molecule has 1 N–H and O–H groups in total. The number of carbonyl (C=O) groups excluding carboxylic acids is 2. The molecule has 3 heterocycles. The fourth-order valence-electron chi connectivity index (χ4n) is 5.34. The second-order valence-corrected chi connectivity index (χ2v) is 9.80. The van der Waals surface area contributed by atoms with Crippen LogP contribution in [0.15, 0.2) is 42.5 Å². The van der Waals surface area contributed by atoms with Gasteiger partial charge in [0.25, 0.3) is 5.91 Å². The summed E-state index contributed by atoms with van der Waals surface area (Å²) in [6, 6.07) is 12.1. The summed E-state index contributed by atoms with van der Waals surface area (Å²) < 4.78 is 11.0. The Morgan fingerprint density at radius 1 is 1.06 bits per heavy atom. The molecule has 5 rings (SSSR count). The normalized spacial score (nSPS) is 26.6. The molecule has 9 nitrogen and oxygen atoms in total. The molecule has 0 spiro atoms. The van der Waals surface area contributed by atoms with Crippen LogP contribution in [-0.2, 0) is 11.3 Å². The van der Waals surface area contributed by atoms with Crippen molar-refractivity contribution in [2.75, 3.05) is 39.3 Å². The molecule has 0 radical (unpaired) electrons. The number of amides is 3. The Morgan fingerprint density at radius 3 is 2.49 bits per heavy atom. The summed E-state index contributed by atoms with van der Waals surface area (Å²) in [7, 11) is 5.00. The van der Waals surface area contributed by atoms with E-state index < -0.39 is 12.2 Å².